The highest BCUT2D eigenvalue weighted by molar-refractivity contribution is 7.56. The van der Waals surface area contributed by atoms with E-state index in [1.165, 1.54) is 6.33 Å². The van der Waals surface area contributed by atoms with E-state index in [2.05, 4.69) is 20.0 Å². The van der Waals surface area contributed by atoms with Gasteiger partial charge < -0.3 is 24.7 Å². The lowest BCUT2D eigenvalue weighted by Crippen LogP contribution is -2.43. The maximum Gasteiger partial charge on any atom is 0.321 e. The van der Waals surface area contributed by atoms with Crippen molar-refractivity contribution in [2.75, 3.05) is 18.7 Å². The number of hydrogen-bond donors (Lipinski definition) is 3. The van der Waals surface area contributed by atoms with Crippen LogP contribution in [0.2, 0.25) is 0 Å². The molecule has 1 fully saturated rings. The molecule has 4 atom stereocenters. The summed E-state index contributed by atoms with van der Waals surface area (Å²) in [6, 6.07) is -0.960. The molecule has 148 valence electrons. The first-order chi connectivity index (χ1) is 12.8. The summed E-state index contributed by atoms with van der Waals surface area (Å²) in [5.74, 6) is -0.970. The Bertz CT molecular complexity index is 861. The molecule has 27 heavy (non-hydrogen) atoms. The van der Waals surface area contributed by atoms with Crippen LogP contribution in [-0.4, -0.2) is 55.7 Å². The molecule has 11 nitrogen and oxygen atoms in total. The van der Waals surface area contributed by atoms with Gasteiger partial charge in [-0.25, -0.2) is 20.0 Å². The van der Waals surface area contributed by atoms with E-state index in [-0.39, 0.29) is 30.8 Å². The van der Waals surface area contributed by atoms with E-state index >= 15 is 0 Å². The molecule has 12 heteroatoms. The molecular formula is C15H23N6O5P. The topological polar surface area (TPSA) is 154 Å². The number of carboxylic acids is 1. The van der Waals surface area contributed by atoms with Crippen molar-refractivity contribution in [2.24, 2.45) is 5.92 Å². The predicted octanol–water partition coefficient (Wildman–Crippen LogP) is 1.06. The van der Waals surface area contributed by atoms with Crippen molar-refractivity contribution in [1.29, 1.82) is 0 Å². The van der Waals surface area contributed by atoms with E-state index in [9.17, 15) is 14.5 Å². The Labute approximate surface area is 155 Å². The second kappa shape index (κ2) is 7.89. The molecule has 1 saturated heterocycles. The normalized spacial score (nSPS) is 25.3. The van der Waals surface area contributed by atoms with Crippen LogP contribution in [0.15, 0.2) is 12.7 Å². The molecule has 4 N–H and O–H groups in total. The van der Waals surface area contributed by atoms with Gasteiger partial charge in [0.1, 0.15) is 30.3 Å². The number of nitrogens with two attached hydrogens (primary N) is 1. The third-order valence-electron chi connectivity index (χ3n) is 4.59. The number of fused-ring (bicyclic) bond motifs is 1. The van der Waals surface area contributed by atoms with E-state index < -0.39 is 19.5 Å². The van der Waals surface area contributed by atoms with Crippen molar-refractivity contribution in [3.05, 3.63) is 12.7 Å². The Hall–Kier alpha value is -2.07. The molecule has 0 bridgehead atoms. The minimum Gasteiger partial charge on any atom is -0.480 e. The Balaban J connectivity index is 1.63. The van der Waals surface area contributed by atoms with Gasteiger partial charge in [0.05, 0.1) is 19.5 Å². The number of rotatable bonds is 7. The summed E-state index contributed by atoms with van der Waals surface area (Å²) < 4.78 is 25.7. The number of carboxylic acid groups (broad SMARTS) is 1. The number of nitrogens with zero attached hydrogens (tertiary/aromatic N) is 4. The third kappa shape index (κ3) is 4.27. The van der Waals surface area contributed by atoms with Gasteiger partial charge in [0.2, 0.25) is 0 Å². The van der Waals surface area contributed by atoms with Crippen LogP contribution in [-0.2, 0) is 25.2 Å². The Morgan fingerprint density at radius 3 is 2.93 bits per heavy atom. The lowest BCUT2D eigenvalue weighted by Gasteiger charge is -2.32. The summed E-state index contributed by atoms with van der Waals surface area (Å²) >= 11 is 0. The number of hydrogen-bond acceptors (Lipinski definition) is 8. The van der Waals surface area contributed by atoms with E-state index in [1.807, 2.05) is 6.92 Å². The first-order valence-electron chi connectivity index (χ1n) is 8.60. The van der Waals surface area contributed by atoms with Gasteiger partial charge in [0.15, 0.2) is 11.5 Å². The van der Waals surface area contributed by atoms with Gasteiger partial charge in [0.25, 0.3) is 7.52 Å². The zero-order valence-electron chi connectivity index (χ0n) is 15.1. The Morgan fingerprint density at radius 2 is 2.30 bits per heavy atom. The minimum absolute atomic E-state index is 0.0529. The predicted molar refractivity (Wildman–Crippen MR) is 97.0 cm³/mol. The molecule has 1 aliphatic rings. The summed E-state index contributed by atoms with van der Waals surface area (Å²) in [6.45, 7) is 4.08. The first-order valence-corrected chi connectivity index (χ1v) is 10.4. The smallest absolute Gasteiger partial charge is 0.321 e. The fourth-order valence-corrected chi connectivity index (χ4v) is 4.62. The van der Waals surface area contributed by atoms with Gasteiger partial charge in [-0.15, -0.1) is 0 Å². The van der Waals surface area contributed by atoms with E-state index in [4.69, 9.17) is 15.0 Å². The molecule has 1 aliphatic heterocycles. The molecule has 0 aliphatic carbocycles. The molecule has 3 heterocycles. The van der Waals surface area contributed by atoms with Crippen molar-refractivity contribution in [3.63, 3.8) is 0 Å². The standard InChI is InChI=1S/C15H23N6O5P/c1-3-9(2)11(15(22)23)20-27(24)8-25-10(5-26-27)4-21-7-19-12-13(16)17-6-18-14(12)21/h6-7,9-11H,3-5,8H2,1-2H3,(H,20,24)(H,22,23)(H2,16,17,18)/t9?,10-,11-,27?/m0/s1. The second-order valence-electron chi connectivity index (χ2n) is 6.55. The maximum absolute atomic E-state index is 12.8. The van der Waals surface area contributed by atoms with Crippen molar-refractivity contribution in [3.8, 4) is 0 Å². The van der Waals surface area contributed by atoms with Crippen LogP contribution < -0.4 is 10.8 Å². The molecule has 3 rings (SSSR count). The van der Waals surface area contributed by atoms with Crippen LogP contribution in [0, 0.1) is 5.92 Å². The van der Waals surface area contributed by atoms with Crippen LogP contribution in [0.25, 0.3) is 11.2 Å². The van der Waals surface area contributed by atoms with E-state index in [0.29, 0.717) is 24.1 Å². The van der Waals surface area contributed by atoms with Crippen molar-refractivity contribution in [1.82, 2.24) is 24.6 Å². The number of nitrogen functional groups attached to an aromatic ring is 1. The van der Waals surface area contributed by atoms with Gasteiger partial charge in [-0.2, -0.15) is 0 Å². The Kier molecular flexibility index (Phi) is 5.75. The SMILES string of the molecule is CCC(C)[C@H](NP1(=O)CO[C@@H](Cn2cnc3c(N)ncnc32)CO1)C(=O)O. The fraction of sp³-hybridized carbons (Fsp3) is 0.600. The number of anilines is 1. The molecule has 2 aromatic rings. The second-order valence-corrected chi connectivity index (χ2v) is 8.67. The van der Waals surface area contributed by atoms with Gasteiger partial charge in [0, 0.05) is 0 Å². The first kappa shape index (κ1) is 19.7. The average molecular weight is 398 g/mol. The quantitative estimate of drug-likeness (QED) is 0.577. The molecule has 2 aromatic heterocycles. The summed E-state index contributed by atoms with van der Waals surface area (Å²) in [4.78, 5) is 23.7. The summed E-state index contributed by atoms with van der Waals surface area (Å²) in [7, 11) is -3.40. The molecular weight excluding hydrogens is 375 g/mol. The van der Waals surface area contributed by atoms with Gasteiger partial charge in [-0.05, 0) is 5.92 Å². The number of aromatic nitrogens is 4. The minimum atomic E-state index is -3.40. The molecule has 0 aromatic carbocycles. The highest BCUT2D eigenvalue weighted by atomic mass is 31.2. The molecule has 0 radical (unpaired) electrons. The number of carbonyl (C=O) groups is 1. The van der Waals surface area contributed by atoms with Crippen molar-refractivity contribution in [2.45, 2.75) is 39.0 Å². The van der Waals surface area contributed by atoms with Crippen molar-refractivity contribution >= 4 is 30.5 Å². The lowest BCUT2D eigenvalue weighted by atomic mass is 10.0. The van der Waals surface area contributed by atoms with Gasteiger partial charge >= 0.3 is 5.97 Å². The number of aliphatic carboxylic acids is 1. The van der Waals surface area contributed by atoms with Crippen LogP contribution >= 0.6 is 7.52 Å². The van der Waals surface area contributed by atoms with Crippen LogP contribution in [0.1, 0.15) is 20.3 Å². The molecule has 2 unspecified atom stereocenters. The molecule has 0 amide bonds. The largest absolute Gasteiger partial charge is 0.480 e. The fourth-order valence-electron chi connectivity index (χ4n) is 2.80. The van der Waals surface area contributed by atoms with Crippen LogP contribution in [0.3, 0.4) is 0 Å². The lowest BCUT2D eigenvalue weighted by molar-refractivity contribution is -0.140. The summed E-state index contributed by atoms with van der Waals surface area (Å²) in [6.07, 6.45) is 2.98. The monoisotopic (exact) mass is 398 g/mol. The molecule has 0 saturated carbocycles. The van der Waals surface area contributed by atoms with Crippen LogP contribution in [0.5, 0.6) is 0 Å². The van der Waals surface area contributed by atoms with Gasteiger partial charge in [-0.1, -0.05) is 20.3 Å². The van der Waals surface area contributed by atoms with E-state index in [1.54, 1.807) is 17.8 Å². The zero-order valence-corrected chi connectivity index (χ0v) is 16.0. The summed E-state index contributed by atoms with van der Waals surface area (Å²) in [5.41, 5.74) is 6.84. The van der Waals surface area contributed by atoms with Gasteiger partial charge in [-0.3, -0.25) is 9.36 Å². The number of imidazole rings is 1. The maximum atomic E-state index is 12.8. The van der Waals surface area contributed by atoms with Crippen LogP contribution in [0.4, 0.5) is 5.82 Å². The highest BCUT2D eigenvalue weighted by Gasteiger charge is 2.37. The Morgan fingerprint density at radius 1 is 1.52 bits per heavy atom. The molecule has 0 spiro atoms. The number of ether oxygens (including phenoxy) is 1. The summed E-state index contributed by atoms with van der Waals surface area (Å²) in [5, 5.41) is 12.0. The zero-order chi connectivity index (χ0) is 19.6. The number of nitrogens with one attached hydrogen (secondary N) is 1. The highest BCUT2D eigenvalue weighted by Crippen LogP contribution is 2.47. The van der Waals surface area contributed by atoms with E-state index in [0.717, 1.165) is 0 Å². The third-order valence-corrected chi connectivity index (χ3v) is 6.32. The average Bonchev–Trinajstić information content (AvgIpc) is 3.05. The van der Waals surface area contributed by atoms with Crippen molar-refractivity contribution < 1.29 is 23.7 Å².